The average molecular weight is 408 g/mol. The standard InChI is InChI=1S/C23H21FN2O2S/c24-20-10-4-8-18-17(20)11-12-21(18)26-23(29)25-13-14-28-22(27)19-9-3-6-15-5-1-2-7-16(15)19/h1-10,21H,11-14H2,(H2,25,26,29). The molecular weight excluding hydrogens is 387 g/mol. The van der Waals surface area contributed by atoms with Crippen LogP contribution in [0.4, 0.5) is 4.39 Å². The minimum atomic E-state index is -0.359. The topological polar surface area (TPSA) is 50.4 Å². The minimum Gasteiger partial charge on any atom is -0.460 e. The van der Waals surface area contributed by atoms with E-state index in [1.165, 1.54) is 6.07 Å². The number of carbonyl (C=O) groups excluding carboxylic acids is 1. The van der Waals surface area contributed by atoms with Gasteiger partial charge in [-0.1, -0.05) is 48.5 Å². The van der Waals surface area contributed by atoms with Crippen molar-refractivity contribution in [3.8, 4) is 0 Å². The Morgan fingerprint density at radius 1 is 1.10 bits per heavy atom. The summed E-state index contributed by atoms with van der Waals surface area (Å²) in [6, 6.07) is 18.4. The Kier molecular flexibility index (Phi) is 5.71. The molecule has 4 rings (SSSR count). The second kappa shape index (κ2) is 8.57. The number of hydrogen-bond donors (Lipinski definition) is 2. The fourth-order valence-corrected chi connectivity index (χ4v) is 4.00. The molecule has 1 atom stereocenters. The third-order valence-electron chi connectivity index (χ3n) is 5.15. The molecule has 0 aromatic heterocycles. The molecular formula is C23H21FN2O2S. The highest BCUT2D eigenvalue weighted by Crippen LogP contribution is 2.32. The summed E-state index contributed by atoms with van der Waals surface area (Å²) >= 11 is 5.33. The van der Waals surface area contributed by atoms with Crippen molar-refractivity contribution in [1.29, 1.82) is 0 Å². The van der Waals surface area contributed by atoms with Crippen LogP contribution in [0.5, 0.6) is 0 Å². The molecule has 6 heteroatoms. The Morgan fingerprint density at radius 3 is 2.79 bits per heavy atom. The molecule has 2 N–H and O–H groups in total. The molecule has 4 nitrogen and oxygen atoms in total. The second-order valence-corrected chi connectivity index (χ2v) is 7.37. The van der Waals surface area contributed by atoms with Crippen molar-refractivity contribution in [3.05, 3.63) is 83.2 Å². The lowest BCUT2D eigenvalue weighted by atomic mass is 10.1. The van der Waals surface area contributed by atoms with Crippen LogP contribution in [0.25, 0.3) is 10.8 Å². The third kappa shape index (κ3) is 4.22. The van der Waals surface area contributed by atoms with Crippen molar-refractivity contribution in [2.75, 3.05) is 13.2 Å². The summed E-state index contributed by atoms with van der Waals surface area (Å²) in [6.07, 6.45) is 1.50. The summed E-state index contributed by atoms with van der Waals surface area (Å²) in [5.74, 6) is -0.520. The van der Waals surface area contributed by atoms with E-state index in [2.05, 4.69) is 10.6 Å². The number of esters is 1. The van der Waals surface area contributed by atoms with Crippen LogP contribution in [0.1, 0.15) is 33.9 Å². The van der Waals surface area contributed by atoms with Crippen LogP contribution in [0, 0.1) is 5.82 Å². The first-order chi connectivity index (χ1) is 14.1. The van der Waals surface area contributed by atoms with E-state index >= 15 is 0 Å². The van der Waals surface area contributed by atoms with Gasteiger partial charge < -0.3 is 15.4 Å². The first-order valence-electron chi connectivity index (χ1n) is 9.60. The van der Waals surface area contributed by atoms with Crippen LogP contribution in [-0.4, -0.2) is 24.2 Å². The fraction of sp³-hybridized carbons (Fsp3) is 0.217. The zero-order valence-corrected chi connectivity index (χ0v) is 16.6. The molecule has 0 radical (unpaired) electrons. The number of fused-ring (bicyclic) bond motifs is 2. The van der Waals surface area contributed by atoms with Gasteiger partial charge in [-0.15, -0.1) is 0 Å². The average Bonchev–Trinajstić information content (AvgIpc) is 3.14. The normalized spacial score (nSPS) is 15.0. The molecule has 0 saturated heterocycles. The van der Waals surface area contributed by atoms with E-state index in [1.54, 1.807) is 12.1 Å². The van der Waals surface area contributed by atoms with E-state index in [9.17, 15) is 9.18 Å². The maximum Gasteiger partial charge on any atom is 0.338 e. The van der Waals surface area contributed by atoms with E-state index in [0.717, 1.165) is 28.3 Å². The van der Waals surface area contributed by atoms with Crippen molar-refractivity contribution in [2.45, 2.75) is 18.9 Å². The first kappa shape index (κ1) is 19.3. The van der Waals surface area contributed by atoms with Gasteiger partial charge in [0, 0.05) is 0 Å². The van der Waals surface area contributed by atoms with E-state index in [0.29, 0.717) is 23.6 Å². The zero-order chi connectivity index (χ0) is 20.2. The molecule has 0 spiro atoms. The molecule has 0 saturated carbocycles. The second-order valence-electron chi connectivity index (χ2n) is 6.96. The summed E-state index contributed by atoms with van der Waals surface area (Å²) < 4.78 is 19.2. The molecule has 148 valence electrons. The highest BCUT2D eigenvalue weighted by Gasteiger charge is 2.25. The van der Waals surface area contributed by atoms with Gasteiger partial charge in [0.2, 0.25) is 0 Å². The van der Waals surface area contributed by atoms with Gasteiger partial charge in [-0.25, -0.2) is 9.18 Å². The molecule has 1 aliphatic rings. The highest BCUT2D eigenvalue weighted by atomic mass is 32.1. The van der Waals surface area contributed by atoms with Gasteiger partial charge in [-0.2, -0.15) is 0 Å². The lowest BCUT2D eigenvalue weighted by Gasteiger charge is -2.17. The van der Waals surface area contributed by atoms with Gasteiger partial charge in [0.05, 0.1) is 18.2 Å². The number of nitrogens with one attached hydrogen (secondary N) is 2. The highest BCUT2D eigenvalue weighted by molar-refractivity contribution is 7.80. The molecule has 0 amide bonds. The predicted octanol–water partition coefficient (Wildman–Crippen LogP) is 4.29. The van der Waals surface area contributed by atoms with Crippen molar-refractivity contribution in [1.82, 2.24) is 10.6 Å². The number of carbonyl (C=O) groups is 1. The van der Waals surface area contributed by atoms with Gasteiger partial charge in [-0.3, -0.25) is 0 Å². The molecule has 0 aliphatic heterocycles. The van der Waals surface area contributed by atoms with Gasteiger partial charge in [0.25, 0.3) is 0 Å². The molecule has 1 aliphatic carbocycles. The number of thiocarbonyl (C=S) groups is 1. The Labute approximate surface area is 174 Å². The van der Waals surface area contributed by atoms with Gasteiger partial charge in [0.1, 0.15) is 12.4 Å². The number of hydrogen-bond acceptors (Lipinski definition) is 3. The van der Waals surface area contributed by atoms with E-state index in [-0.39, 0.29) is 24.4 Å². The maximum atomic E-state index is 13.8. The molecule has 3 aromatic carbocycles. The van der Waals surface area contributed by atoms with E-state index < -0.39 is 0 Å². The summed E-state index contributed by atoms with van der Waals surface area (Å²) in [5.41, 5.74) is 2.27. The largest absolute Gasteiger partial charge is 0.460 e. The third-order valence-corrected chi connectivity index (χ3v) is 5.41. The van der Waals surface area contributed by atoms with E-state index in [1.807, 2.05) is 42.5 Å². The monoisotopic (exact) mass is 408 g/mol. The number of halogens is 1. The van der Waals surface area contributed by atoms with Gasteiger partial charge in [-0.05, 0) is 59.1 Å². The van der Waals surface area contributed by atoms with E-state index in [4.69, 9.17) is 17.0 Å². The Balaban J connectivity index is 1.26. The summed E-state index contributed by atoms with van der Waals surface area (Å²) in [4.78, 5) is 12.4. The first-order valence-corrected chi connectivity index (χ1v) is 10.0. The van der Waals surface area contributed by atoms with Crippen LogP contribution >= 0.6 is 12.2 Å². The van der Waals surface area contributed by atoms with Crippen LogP contribution in [0.15, 0.2) is 60.7 Å². The summed E-state index contributed by atoms with van der Waals surface area (Å²) in [6.45, 7) is 0.588. The molecule has 1 unspecified atom stereocenters. The van der Waals surface area contributed by atoms with Crippen LogP contribution in [-0.2, 0) is 11.2 Å². The fourth-order valence-electron chi connectivity index (χ4n) is 3.76. The summed E-state index contributed by atoms with van der Waals surface area (Å²) in [5, 5.41) is 8.61. The molecule has 0 bridgehead atoms. The Morgan fingerprint density at radius 2 is 1.90 bits per heavy atom. The molecule has 3 aromatic rings. The van der Waals surface area contributed by atoms with Gasteiger partial charge in [0.15, 0.2) is 5.11 Å². The zero-order valence-electron chi connectivity index (χ0n) is 15.8. The van der Waals surface area contributed by atoms with Crippen molar-refractivity contribution in [3.63, 3.8) is 0 Å². The van der Waals surface area contributed by atoms with Gasteiger partial charge >= 0.3 is 5.97 Å². The quantitative estimate of drug-likeness (QED) is 0.375. The van der Waals surface area contributed by atoms with Crippen molar-refractivity contribution in [2.24, 2.45) is 0 Å². The molecule has 0 heterocycles. The maximum absolute atomic E-state index is 13.8. The lowest BCUT2D eigenvalue weighted by Crippen LogP contribution is -2.38. The minimum absolute atomic E-state index is 0.000987. The van der Waals surface area contributed by atoms with Crippen LogP contribution in [0.2, 0.25) is 0 Å². The summed E-state index contributed by atoms with van der Waals surface area (Å²) in [7, 11) is 0. The SMILES string of the molecule is O=C(OCCNC(=S)NC1CCc2c(F)cccc21)c1cccc2ccccc12. The molecule has 29 heavy (non-hydrogen) atoms. The number of ether oxygens (including phenoxy) is 1. The number of benzene rings is 3. The molecule has 0 fully saturated rings. The van der Waals surface area contributed by atoms with Crippen molar-refractivity contribution >= 4 is 34.1 Å². The Hall–Kier alpha value is -2.99. The smallest absolute Gasteiger partial charge is 0.338 e. The van der Waals surface area contributed by atoms with Crippen LogP contribution < -0.4 is 10.6 Å². The Bertz CT molecular complexity index is 1060. The predicted molar refractivity (Wildman–Crippen MR) is 115 cm³/mol. The lowest BCUT2D eigenvalue weighted by molar-refractivity contribution is 0.0515. The number of rotatable bonds is 5. The van der Waals surface area contributed by atoms with Crippen molar-refractivity contribution < 1.29 is 13.9 Å². The van der Waals surface area contributed by atoms with Crippen LogP contribution in [0.3, 0.4) is 0 Å².